The average molecular weight is 205 g/mol. The number of nitrogens with two attached hydrogens (primary N) is 1. The molecule has 0 saturated heterocycles. The molecule has 0 aliphatic rings. The molecule has 0 aliphatic heterocycles. The Kier molecular flexibility index (Phi) is 2.21. The lowest BCUT2D eigenvalue weighted by molar-refractivity contribution is 1.23. The largest absolute Gasteiger partial charge is 0.397 e. The van der Waals surface area contributed by atoms with E-state index in [9.17, 15) is 0 Å². The zero-order valence-electron chi connectivity index (χ0n) is 8.11. The molecule has 0 aliphatic carbocycles. The minimum absolute atomic E-state index is 0.682. The second-order valence-corrected chi connectivity index (χ2v) is 4.33. The molecule has 2 heterocycles. The van der Waals surface area contributed by atoms with Gasteiger partial charge in [0.25, 0.3) is 0 Å². The van der Waals surface area contributed by atoms with E-state index < -0.39 is 0 Å². The number of aromatic nitrogens is 2. The van der Waals surface area contributed by atoms with Crippen molar-refractivity contribution in [2.75, 3.05) is 5.73 Å². The van der Waals surface area contributed by atoms with Crippen LogP contribution >= 0.6 is 11.3 Å². The van der Waals surface area contributed by atoms with Gasteiger partial charge in [-0.15, -0.1) is 11.3 Å². The number of hydrogen-bond donors (Lipinski definition) is 1. The van der Waals surface area contributed by atoms with E-state index in [1.807, 2.05) is 13.0 Å². The summed E-state index contributed by atoms with van der Waals surface area (Å²) in [6.07, 6.45) is 3.39. The van der Waals surface area contributed by atoms with E-state index in [1.54, 1.807) is 23.7 Å². The van der Waals surface area contributed by atoms with Crippen molar-refractivity contribution < 1.29 is 0 Å². The summed E-state index contributed by atoms with van der Waals surface area (Å²) in [5.41, 5.74) is 8.54. The average Bonchev–Trinajstić information content (AvgIpc) is 2.48. The fourth-order valence-electron chi connectivity index (χ4n) is 1.19. The summed E-state index contributed by atoms with van der Waals surface area (Å²) in [7, 11) is 0. The van der Waals surface area contributed by atoms with Crippen molar-refractivity contribution in [3.05, 3.63) is 29.0 Å². The number of anilines is 1. The minimum atomic E-state index is 0.682. The van der Waals surface area contributed by atoms with Crippen molar-refractivity contribution in [1.29, 1.82) is 0 Å². The van der Waals surface area contributed by atoms with Crippen molar-refractivity contribution in [3.63, 3.8) is 0 Å². The Bertz CT molecular complexity index is 443. The van der Waals surface area contributed by atoms with Gasteiger partial charge in [-0.25, -0.2) is 4.98 Å². The van der Waals surface area contributed by atoms with Gasteiger partial charge in [0, 0.05) is 16.6 Å². The third-order valence-corrected chi connectivity index (χ3v) is 3.22. The molecule has 2 N–H and O–H groups in total. The molecule has 2 aromatic rings. The monoisotopic (exact) mass is 205 g/mol. The number of pyridine rings is 1. The van der Waals surface area contributed by atoms with Crippen molar-refractivity contribution >= 4 is 17.0 Å². The molecule has 0 amide bonds. The highest BCUT2D eigenvalue weighted by molar-refractivity contribution is 7.15. The summed E-state index contributed by atoms with van der Waals surface area (Å²) in [4.78, 5) is 9.64. The Morgan fingerprint density at radius 2 is 2.14 bits per heavy atom. The highest BCUT2D eigenvalue weighted by Gasteiger charge is 2.08. The molecule has 14 heavy (non-hydrogen) atoms. The SMILES string of the molecule is Cc1nc(-c2ccncc2N)sc1C. The summed E-state index contributed by atoms with van der Waals surface area (Å²) < 4.78 is 0. The fourth-order valence-corrected chi connectivity index (χ4v) is 2.15. The molecule has 2 rings (SSSR count). The summed E-state index contributed by atoms with van der Waals surface area (Å²) >= 11 is 1.66. The fraction of sp³-hybridized carbons (Fsp3) is 0.200. The molecule has 0 aromatic carbocycles. The van der Waals surface area contributed by atoms with Crippen LogP contribution in [-0.4, -0.2) is 9.97 Å². The number of thiazole rings is 1. The van der Waals surface area contributed by atoms with Crippen LogP contribution in [0.2, 0.25) is 0 Å². The Labute approximate surface area is 86.6 Å². The number of rotatable bonds is 1. The van der Waals surface area contributed by atoms with Gasteiger partial charge in [-0.1, -0.05) is 0 Å². The van der Waals surface area contributed by atoms with E-state index in [-0.39, 0.29) is 0 Å². The Hall–Kier alpha value is -1.42. The molecule has 4 heteroatoms. The zero-order valence-corrected chi connectivity index (χ0v) is 8.93. The first-order valence-corrected chi connectivity index (χ1v) is 5.14. The van der Waals surface area contributed by atoms with Gasteiger partial charge in [-0.05, 0) is 19.9 Å². The van der Waals surface area contributed by atoms with Crippen molar-refractivity contribution in [3.8, 4) is 10.6 Å². The van der Waals surface area contributed by atoms with Gasteiger partial charge >= 0.3 is 0 Å². The van der Waals surface area contributed by atoms with E-state index in [2.05, 4.69) is 16.9 Å². The smallest absolute Gasteiger partial charge is 0.126 e. The normalized spacial score (nSPS) is 10.4. The Morgan fingerprint density at radius 1 is 1.36 bits per heavy atom. The van der Waals surface area contributed by atoms with Crippen LogP contribution in [0.3, 0.4) is 0 Å². The van der Waals surface area contributed by atoms with Gasteiger partial charge in [-0.3, -0.25) is 4.98 Å². The van der Waals surface area contributed by atoms with Crippen LogP contribution in [0.1, 0.15) is 10.6 Å². The van der Waals surface area contributed by atoms with Crippen LogP contribution < -0.4 is 5.73 Å². The predicted molar refractivity (Wildman–Crippen MR) is 59.2 cm³/mol. The van der Waals surface area contributed by atoms with Crippen LogP contribution in [0.15, 0.2) is 18.5 Å². The molecule has 0 bridgehead atoms. The molecule has 0 spiro atoms. The number of aryl methyl sites for hydroxylation is 2. The maximum atomic E-state index is 5.82. The second kappa shape index (κ2) is 3.38. The van der Waals surface area contributed by atoms with E-state index in [4.69, 9.17) is 5.73 Å². The van der Waals surface area contributed by atoms with Crippen LogP contribution in [0.25, 0.3) is 10.6 Å². The third-order valence-electron chi connectivity index (χ3n) is 2.11. The van der Waals surface area contributed by atoms with E-state index in [0.717, 1.165) is 16.3 Å². The topological polar surface area (TPSA) is 51.8 Å². The quantitative estimate of drug-likeness (QED) is 0.777. The van der Waals surface area contributed by atoms with Gasteiger partial charge in [-0.2, -0.15) is 0 Å². The lowest BCUT2D eigenvalue weighted by Crippen LogP contribution is -1.90. The standard InChI is InChI=1S/C10H11N3S/c1-6-7(2)14-10(13-6)8-3-4-12-5-9(8)11/h3-5H,11H2,1-2H3. The molecular weight excluding hydrogens is 194 g/mol. The number of hydrogen-bond acceptors (Lipinski definition) is 4. The van der Waals surface area contributed by atoms with Crippen molar-refractivity contribution in [1.82, 2.24) is 9.97 Å². The van der Waals surface area contributed by atoms with E-state index in [1.165, 1.54) is 4.88 Å². The van der Waals surface area contributed by atoms with E-state index >= 15 is 0 Å². The molecule has 0 saturated carbocycles. The maximum Gasteiger partial charge on any atom is 0.126 e. The highest BCUT2D eigenvalue weighted by Crippen LogP contribution is 2.30. The molecule has 2 aromatic heterocycles. The van der Waals surface area contributed by atoms with Crippen LogP contribution in [0, 0.1) is 13.8 Å². The number of nitrogens with zero attached hydrogens (tertiary/aromatic N) is 2. The molecule has 0 fully saturated rings. The Balaban J connectivity index is 2.55. The van der Waals surface area contributed by atoms with Crippen LogP contribution in [0.5, 0.6) is 0 Å². The van der Waals surface area contributed by atoms with Crippen molar-refractivity contribution in [2.45, 2.75) is 13.8 Å². The van der Waals surface area contributed by atoms with Crippen LogP contribution in [0.4, 0.5) is 5.69 Å². The second-order valence-electron chi connectivity index (χ2n) is 3.12. The molecule has 0 atom stereocenters. The van der Waals surface area contributed by atoms with Gasteiger partial charge in [0.05, 0.1) is 17.6 Å². The summed E-state index contributed by atoms with van der Waals surface area (Å²) in [6, 6.07) is 1.90. The lowest BCUT2D eigenvalue weighted by Gasteiger charge is -1.98. The Morgan fingerprint density at radius 3 is 2.71 bits per heavy atom. The highest BCUT2D eigenvalue weighted by atomic mass is 32.1. The number of nitrogen functional groups attached to an aromatic ring is 1. The summed E-state index contributed by atoms with van der Waals surface area (Å²) in [6.45, 7) is 4.07. The molecule has 0 radical (unpaired) electrons. The lowest BCUT2D eigenvalue weighted by atomic mass is 10.2. The first kappa shape index (κ1) is 9.15. The minimum Gasteiger partial charge on any atom is -0.397 e. The first-order valence-electron chi connectivity index (χ1n) is 4.32. The third kappa shape index (κ3) is 1.48. The van der Waals surface area contributed by atoms with Gasteiger partial charge in [0.2, 0.25) is 0 Å². The van der Waals surface area contributed by atoms with E-state index in [0.29, 0.717) is 5.69 Å². The molecular formula is C10H11N3S. The van der Waals surface area contributed by atoms with Crippen molar-refractivity contribution in [2.24, 2.45) is 0 Å². The van der Waals surface area contributed by atoms with Crippen LogP contribution in [-0.2, 0) is 0 Å². The summed E-state index contributed by atoms with van der Waals surface area (Å²) in [5.74, 6) is 0. The molecule has 0 unspecified atom stereocenters. The zero-order chi connectivity index (χ0) is 10.1. The maximum absolute atomic E-state index is 5.82. The van der Waals surface area contributed by atoms with Gasteiger partial charge in [0.1, 0.15) is 5.01 Å². The predicted octanol–water partition coefficient (Wildman–Crippen LogP) is 2.40. The van der Waals surface area contributed by atoms with Gasteiger partial charge < -0.3 is 5.73 Å². The molecule has 72 valence electrons. The summed E-state index contributed by atoms with van der Waals surface area (Å²) in [5, 5.41) is 0.972. The first-order chi connectivity index (χ1) is 6.68. The van der Waals surface area contributed by atoms with Gasteiger partial charge in [0.15, 0.2) is 0 Å². The molecule has 3 nitrogen and oxygen atoms in total.